The maximum absolute atomic E-state index is 11.6. The van der Waals surface area contributed by atoms with Crippen molar-refractivity contribution in [3.63, 3.8) is 0 Å². The number of aliphatic hydroxyl groups is 1. The Kier molecular flexibility index (Phi) is 3.27. The van der Waals surface area contributed by atoms with E-state index in [4.69, 9.17) is 0 Å². The Morgan fingerprint density at radius 2 is 2.06 bits per heavy atom. The number of benzene rings is 1. The van der Waals surface area contributed by atoms with E-state index in [1.54, 1.807) is 12.1 Å². The number of thioether (sulfide) groups is 1. The first-order valence-electron chi connectivity index (χ1n) is 5.43. The molecule has 0 saturated heterocycles. The fourth-order valence-electron chi connectivity index (χ4n) is 1.83. The van der Waals surface area contributed by atoms with E-state index in [0.29, 0.717) is 11.3 Å². The van der Waals surface area contributed by atoms with Gasteiger partial charge in [-0.1, -0.05) is 6.07 Å². The lowest BCUT2D eigenvalue weighted by atomic mass is 10.1. The minimum Gasteiger partial charge on any atom is -0.390 e. The summed E-state index contributed by atoms with van der Waals surface area (Å²) < 4.78 is 23.1. The molecule has 0 aromatic heterocycles. The van der Waals surface area contributed by atoms with Crippen molar-refractivity contribution < 1.29 is 13.5 Å². The molecule has 1 aliphatic rings. The smallest absolute Gasteiger partial charge is 0.176 e. The summed E-state index contributed by atoms with van der Waals surface area (Å²) in [6.07, 6.45) is 5.38. The second kappa shape index (κ2) is 4.30. The Morgan fingerprint density at radius 3 is 2.53 bits per heavy atom. The molecule has 2 rings (SSSR count). The molecule has 1 aliphatic carbocycles. The molecule has 94 valence electrons. The van der Waals surface area contributed by atoms with Gasteiger partial charge in [-0.2, -0.15) is 0 Å². The molecular weight excluding hydrogens is 256 g/mol. The third-order valence-corrected chi connectivity index (χ3v) is 5.05. The van der Waals surface area contributed by atoms with Gasteiger partial charge in [-0.25, -0.2) is 8.42 Å². The lowest BCUT2D eigenvalue weighted by Crippen LogP contribution is -2.11. The zero-order valence-corrected chi connectivity index (χ0v) is 11.6. The van der Waals surface area contributed by atoms with Crippen LogP contribution < -0.4 is 0 Å². The number of hydrogen-bond donors (Lipinski definition) is 1. The van der Waals surface area contributed by atoms with Gasteiger partial charge in [0.05, 0.1) is 10.5 Å². The topological polar surface area (TPSA) is 54.4 Å². The van der Waals surface area contributed by atoms with Crippen LogP contribution in [0.5, 0.6) is 0 Å². The molecule has 3 nitrogen and oxygen atoms in total. The van der Waals surface area contributed by atoms with Gasteiger partial charge in [0.1, 0.15) is 0 Å². The number of rotatable bonds is 4. The number of hydrogen-bond acceptors (Lipinski definition) is 4. The van der Waals surface area contributed by atoms with Gasteiger partial charge in [0, 0.05) is 17.6 Å². The Balaban J connectivity index is 2.34. The van der Waals surface area contributed by atoms with Gasteiger partial charge in [-0.3, -0.25) is 0 Å². The molecule has 5 heteroatoms. The summed E-state index contributed by atoms with van der Waals surface area (Å²) in [5.74, 6) is 0. The maximum Gasteiger partial charge on any atom is 0.176 e. The Morgan fingerprint density at radius 1 is 1.41 bits per heavy atom. The van der Waals surface area contributed by atoms with Gasteiger partial charge < -0.3 is 5.11 Å². The molecule has 1 fully saturated rings. The zero-order valence-electron chi connectivity index (χ0n) is 9.93. The first kappa shape index (κ1) is 12.9. The molecule has 1 aromatic carbocycles. The predicted molar refractivity (Wildman–Crippen MR) is 69.2 cm³/mol. The van der Waals surface area contributed by atoms with Crippen LogP contribution in [0.1, 0.15) is 18.4 Å². The van der Waals surface area contributed by atoms with Crippen molar-refractivity contribution in [1.82, 2.24) is 0 Å². The lowest BCUT2D eigenvalue weighted by molar-refractivity contribution is 0.151. The third-order valence-electron chi connectivity index (χ3n) is 2.99. The van der Waals surface area contributed by atoms with Crippen molar-refractivity contribution in [2.45, 2.75) is 34.7 Å². The highest BCUT2D eigenvalue weighted by molar-refractivity contribution is 7.99. The van der Waals surface area contributed by atoms with Gasteiger partial charge in [-0.05, 0) is 36.8 Å². The fraction of sp³-hybridized carbons (Fsp3) is 0.500. The lowest BCUT2D eigenvalue weighted by Gasteiger charge is -2.11. The van der Waals surface area contributed by atoms with E-state index in [-0.39, 0.29) is 0 Å². The summed E-state index contributed by atoms with van der Waals surface area (Å²) in [4.78, 5) is 1.13. The van der Waals surface area contributed by atoms with Crippen molar-refractivity contribution in [2.24, 2.45) is 0 Å². The molecule has 0 spiro atoms. The van der Waals surface area contributed by atoms with Gasteiger partial charge >= 0.3 is 0 Å². The molecule has 17 heavy (non-hydrogen) atoms. The van der Waals surface area contributed by atoms with E-state index in [0.717, 1.165) is 23.3 Å². The second-order valence-electron chi connectivity index (χ2n) is 4.66. The summed E-state index contributed by atoms with van der Waals surface area (Å²) in [5, 5.41) is 9.85. The summed E-state index contributed by atoms with van der Waals surface area (Å²) in [5.41, 5.74) is 0.462. The van der Waals surface area contributed by atoms with E-state index in [2.05, 4.69) is 0 Å². The molecule has 1 N–H and O–H groups in total. The van der Waals surface area contributed by atoms with Crippen LogP contribution >= 0.6 is 11.8 Å². The van der Waals surface area contributed by atoms with Gasteiger partial charge in [-0.15, -0.1) is 11.8 Å². The summed E-state index contributed by atoms with van der Waals surface area (Å²) >= 11 is 1.42. The predicted octanol–water partition coefficient (Wildman–Crippen LogP) is 1.88. The summed E-state index contributed by atoms with van der Waals surface area (Å²) in [6, 6.07) is 5.31. The minimum atomic E-state index is -3.17. The standard InChI is InChI=1S/C12H16O3S2/c1-16-10-7-9(8-12(13)5-6-12)3-4-11(10)17(2,14)15/h3-4,7,13H,5-6,8H2,1-2H3. The monoisotopic (exact) mass is 272 g/mol. The second-order valence-corrected chi connectivity index (χ2v) is 7.49. The molecule has 0 amide bonds. The average Bonchev–Trinajstić information content (AvgIpc) is 2.94. The molecule has 1 saturated carbocycles. The van der Waals surface area contributed by atoms with E-state index in [1.165, 1.54) is 18.0 Å². The van der Waals surface area contributed by atoms with E-state index in [1.807, 2.05) is 12.3 Å². The van der Waals surface area contributed by atoms with E-state index >= 15 is 0 Å². The van der Waals surface area contributed by atoms with E-state index in [9.17, 15) is 13.5 Å². The number of sulfone groups is 1. The molecule has 0 heterocycles. The zero-order chi connectivity index (χ0) is 12.7. The van der Waals surface area contributed by atoms with Crippen molar-refractivity contribution >= 4 is 21.6 Å². The van der Waals surface area contributed by atoms with Gasteiger partial charge in [0.15, 0.2) is 9.84 Å². The van der Waals surface area contributed by atoms with Gasteiger partial charge in [0.25, 0.3) is 0 Å². The first-order valence-corrected chi connectivity index (χ1v) is 8.55. The van der Waals surface area contributed by atoms with Crippen LogP contribution in [-0.4, -0.2) is 31.6 Å². The quantitative estimate of drug-likeness (QED) is 0.850. The van der Waals surface area contributed by atoms with Crippen molar-refractivity contribution in [3.8, 4) is 0 Å². The Bertz CT molecular complexity index is 531. The van der Waals surface area contributed by atoms with Crippen LogP contribution in [-0.2, 0) is 16.3 Å². The Hall–Kier alpha value is -0.520. The fourth-order valence-corrected chi connectivity index (χ4v) is 3.81. The SMILES string of the molecule is CSc1cc(CC2(O)CC2)ccc1S(C)(=O)=O. The largest absolute Gasteiger partial charge is 0.390 e. The van der Waals surface area contributed by atoms with E-state index < -0.39 is 15.4 Å². The van der Waals surface area contributed by atoms with Crippen LogP contribution in [0.25, 0.3) is 0 Å². The van der Waals surface area contributed by atoms with Crippen LogP contribution in [0.15, 0.2) is 28.0 Å². The van der Waals surface area contributed by atoms with Crippen LogP contribution in [0.4, 0.5) is 0 Å². The first-order chi connectivity index (χ1) is 7.84. The summed E-state index contributed by atoms with van der Waals surface area (Å²) in [7, 11) is -3.17. The molecule has 1 aromatic rings. The van der Waals surface area contributed by atoms with Crippen LogP contribution in [0.3, 0.4) is 0 Å². The van der Waals surface area contributed by atoms with Crippen LogP contribution in [0.2, 0.25) is 0 Å². The van der Waals surface area contributed by atoms with Crippen molar-refractivity contribution in [2.75, 3.05) is 12.5 Å². The normalized spacial score (nSPS) is 18.1. The molecule has 0 unspecified atom stereocenters. The summed E-state index contributed by atoms with van der Waals surface area (Å²) in [6.45, 7) is 0. The minimum absolute atomic E-state index is 0.372. The molecule has 0 radical (unpaired) electrons. The highest BCUT2D eigenvalue weighted by Crippen LogP contribution is 2.39. The third kappa shape index (κ3) is 3.03. The molecule has 0 aliphatic heterocycles. The molecule has 0 bridgehead atoms. The Labute approximate surface area is 106 Å². The average molecular weight is 272 g/mol. The highest BCUT2D eigenvalue weighted by atomic mass is 32.2. The highest BCUT2D eigenvalue weighted by Gasteiger charge is 2.40. The van der Waals surface area contributed by atoms with Gasteiger partial charge in [0.2, 0.25) is 0 Å². The van der Waals surface area contributed by atoms with Crippen molar-refractivity contribution in [3.05, 3.63) is 23.8 Å². The maximum atomic E-state index is 11.6. The van der Waals surface area contributed by atoms with Crippen molar-refractivity contribution in [1.29, 1.82) is 0 Å². The molecular formula is C12H16O3S2. The molecule has 0 atom stereocenters. The van der Waals surface area contributed by atoms with Crippen LogP contribution in [0, 0.1) is 0 Å².